The highest BCUT2D eigenvalue weighted by Gasteiger charge is 1.97. The van der Waals surface area contributed by atoms with E-state index < -0.39 is 5.97 Å². The number of carboxylic acid groups (broad SMARTS) is 1. The summed E-state index contributed by atoms with van der Waals surface area (Å²) >= 11 is 0. The van der Waals surface area contributed by atoms with Gasteiger partial charge < -0.3 is 10.2 Å². The molecule has 64 valence electrons. The van der Waals surface area contributed by atoms with E-state index in [2.05, 4.69) is 0 Å². The van der Waals surface area contributed by atoms with Gasteiger partial charge in [0.1, 0.15) is 0 Å². The maximum Gasteiger partial charge on any atom is 0.300 e. The summed E-state index contributed by atoms with van der Waals surface area (Å²) in [5.41, 5.74) is 0. The Kier molecular flexibility index (Phi) is 5.25. The fraction of sp³-hybridized carbons (Fsp3) is 0.625. The highest BCUT2D eigenvalue weighted by Crippen LogP contribution is 2.13. The van der Waals surface area contributed by atoms with Crippen LogP contribution in [0.4, 0.5) is 0 Å². The predicted molar refractivity (Wildman–Crippen MR) is 42.5 cm³/mol. The van der Waals surface area contributed by atoms with Crippen LogP contribution in [-0.4, -0.2) is 16.2 Å². The molecule has 2 N–H and O–H groups in total. The second-order valence-electron chi connectivity index (χ2n) is 2.46. The molecule has 0 aliphatic heterocycles. The maximum absolute atomic E-state index is 9.00. The molecule has 3 heteroatoms. The van der Waals surface area contributed by atoms with Crippen molar-refractivity contribution in [1.29, 1.82) is 0 Å². The fourth-order valence-electron chi connectivity index (χ4n) is 0.821. The lowest BCUT2D eigenvalue weighted by Gasteiger charge is -2.04. The van der Waals surface area contributed by atoms with Crippen LogP contribution in [0.15, 0.2) is 11.8 Å². The normalized spacial score (nSPS) is 15.9. The molecule has 3 nitrogen and oxygen atoms in total. The minimum atomic E-state index is -0.833. The van der Waals surface area contributed by atoms with Crippen molar-refractivity contribution < 1.29 is 15.0 Å². The summed E-state index contributed by atoms with van der Waals surface area (Å²) in [7, 11) is 0. The molecule has 1 aliphatic carbocycles. The predicted octanol–water partition coefficient (Wildman–Crippen LogP) is 2.09. The van der Waals surface area contributed by atoms with Gasteiger partial charge in [-0.3, -0.25) is 4.79 Å². The van der Waals surface area contributed by atoms with Crippen LogP contribution in [0.1, 0.15) is 32.6 Å². The first kappa shape index (κ1) is 10.0. The number of hydrogen-bond acceptors (Lipinski definition) is 2. The summed E-state index contributed by atoms with van der Waals surface area (Å²) in [5, 5.41) is 16.2. The molecule has 0 saturated heterocycles. The Balaban J connectivity index is 0.000000218. The quantitative estimate of drug-likeness (QED) is 0.567. The first-order valence-corrected chi connectivity index (χ1v) is 3.70. The second-order valence-corrected chi connectivity index (χ2v) is 2.46. The van der Waals surface area contributed by atoms with Crippen molar-refractivity contribution >= 4 is 5.97 Å². The molecule has 0 fully saturated rings. The van der Waals surface area contributed by atoms with Crippen LogP contribution >= 0.6 is 0 Å². The summed E-state index contributed by atoms with van der Waals surface area (Å²) in [6.07, 6.45) is 6.31. The number of aliphatic carboxylic acids is 1. The van der Waals surface area contributed by atoms with Crippen LogP contribution < -0.4 is 0 Å². The van der Waals surface area contributed by atoms with E-state index in [1.807, 2.05) is 6.08 Å². The number of aliphatic hydroxyl groups excluding tert-OH is 1. The molecule has 11 heavy (non-hydrogen) atoms. The third-order valence-electron chi connectivity index (χ3n) is 1.27. The van der Waals surface area contributed by atoms with E-state index in [0.29, 0.717) is 5.76 Å². The van der Waals surface area contributed by atoms with Crippen LogP contribution in [0.2, 0.25) is 0 Å². The highest BCUT2D eigenvalue weighted by molar-refractivity contribution is 5.62. The Hall–Kier alpha value is -0.990. The van der Waals surface area contributed by atoms with Gasteiger partial charge in [0.05, 0.1) is 5.76 Å². The lowest BCUT2D eigenvalue weighted by molar-refractivity contribution is -0.134. The number of rotatable bonds is 0. The van der Waals surface area contributed by atoms with Gasteiger partial charge in [0, 0.05) is 13.3 Å². The number of allylic oxidation sites excluding steroid dienone is 2. The van der Waals surface area contributed by atoms with E-state index in [4.69, 9.17) is 15.0 Å². The lowest BCUT2D eigenvalue weighted by Crippen LogP contribution is -1.88. The van der Waals surface area contributed by atoms with E-state index >= 15 is 0 Å². The van der Waals surface area contributed by atoms with Crippen LogP contribution in [0.5, 0.6) is 0 Å². The van der Waals surface area contributed by atoms with E-state index in [1.54, 1.807) is 0 Å². The number of aliphatic hydroxyl groups is 1. The molecule has 0 bridgehead atoms. The molecule has 0 amide bonds. The van der Waals surface area contributed by atoms with Crippen molar-refractivity contribution in [3.8, 4) is 0 Å². The molecule has 0 aromatic carbocycles. The van der Waals surface area contributed by atoms with Crippen LogP contribution in [0.25, 0.3) is 0 Å². The zero-order chi connectivity index (χ0) is 8.69. The Morgan fingerprint density at radius 3 is 2.27 bits per heavy atom. The summed E-state index contributed by atoms with van der Waals surface area (Å²) in [5.74, 6) is -0.244. The van der Waals surface area contributed by atoms with Gasteiger partial charge in [0.2, 0.25) is 0 Å². The van der Waals surface area contributed by atoms with Gasteiger partial charge in [0.15, 0.2) is 0 Å². The summed E-state index contributed by atoms with van der Waals surface area (Å²) in [6, 6.07) is 0. The Bertz CT molecular complexity index is 145. The van der Waals surface area contributed by atoms with E-state index in [1.165, 1.54) is 12.8 Å². The molecular formula is C8H14O3. The van der Waals surface area contributed by atoms with Crippen LogP contribution in [0, 0.1) is 0 Å². The van der Waals surface area contributed by atoms with Crippen molar-refractivity contribution in [2.45, 2.75) is 32.6 Å². The molecule has 0 heterocycles. The topological polar surface area (TPSA) is 57.5 Å². The molecule has 1 aliphatic rings. The minimum absolute atomic E-state index is 0.589. The third kappa shape index (κ3) is 9.01. The average Bonchev–Trinajstić information content (AvgIpc) is 1.87. The zero-order valence-electron chi connectivity index (χ0n) is 6.71. The number of carboxylic acids is 1. The second kappa shape index (κ2) is 5.77. The highest BCUT2D eigenvalue weighted by atomic mass is 16.4. The van der Waals surface area contributed by atoms with Crippen molar-refractivity contribution in [2.75, 3.05) is 0 Å². The zero-order valence-corrected chi connectivity index (χ0v) is 6.71. The summed E-state index contributed by atoms with van der Waals surface area (Å²) in [4.78, 5) is 9.00. The Labute approximate surface area is 66.4 Å². The third-order valence-corrected chi connectivity index (χ3v) is 1.27. The molecule has 0 saturated carbocycles. The van der Waals surface area contributed by atoms with Gasteiger partial charge in [-0.2, -0.15) is 0 Å². The minimum Gasteiger partial charge on any atom is -0.513 e. The monoisotopic (exact) mass is 158 g/mol. The van der Waals surface area contributed by atoms with Crippen molar-refractivity contribution in [3.05, 3.63) is 11.8 Å². The molecule has 0 radical (unpaired) electrons. The molecule has 0 spiro atoms. The fourth-order valence-corrected chi connectivity index (χ4v) is 0.821. The van der Waals surface area contributed by atoms with Crippen molar-refractivity contribution in [2.24, 2.45) is 0 Å². The van der Waals surface area contributed by atoms with Crippen molar-refractivity contribution in [1.82, 2.24) is 0 Å². The number of carbonyl (C=O) groups is 1. The van der Waals surface area contributed by atoms with Crippen molar-refractivity contribution in [3.63, 3.8) is 0 Å². The lowest BCUT2D eigenvalue weighted by atomic mass is 10.1. The first-order chi connectivity index (χ1) is 5.13. The van der Waals surface area contributed by atoms with E-state index in [-0.39, 0.29) is 0 Å². The molecule has 0 aromatic rings. The van der Waals surface area contributed by atoms with Gasteiger partial charge in [0.25, 0.3) is 5.97 Å². The van der Waals surface area contributed by atoms with Gasteiger partial charge in [-0.25, -0.2) is 0 Å². The van der Waals surface area contributed by atoms with Gasteiger partial charge in [-0.1, -0.05) is 0 Å². The molecule has 1 rings (SSSR count). The van der Waals surface area contributed by atoms with Crippen LogP contribution in [0.3, 0.4) is 0 Å². The Morgan fingerprint density at radius 1 is 1.55 bits per heavy atom. The largest absolute Gasteiger partial charge is 0.513 e. The Morgan fingerprint density at radius 2 is 2.09 bits per heavy atom. The smallest absolute Gasteiger partial charge is 0.300 e. The van der Waals surface area contributed by atoms with Gasteiger partial charge in [-0.15, -0.1) is 0 Å². The molecule has 0 aromatic heterocycles. The summed E-state index contributed by atoms with van der Waals surface area (Å²) < 4.78 is 0. The number of hydrogen-bond donors (Lipinski definition) is 2. The molecule has 0 unspecified atom stereocenters. The SMILES string of the molecule is CC(=O)O.OC1=CCCCC1. The van der Waals surface area contributed by atoms with Gasteiger partial charge >= 0.3 is 0 Å². The molecule has 0 atom stereocenters. The van der Waals surface area contributed by atoms with E-state index in [9.17, 15) is 0 Å². The molecular weight excluding hydrogens is 144 g/mol. The standard InChI is InChI=1S/C6H10O.C2H4O2/c7-6-4-2-1-3-5-6;1-2(3)4/h4,7H,1-3,5H2;1H3,(H,3,4). The van der Waals surface area contributed by atoms with Gasteiger partial charge in [-0.05, 0) is 25.3 Å². The van der Waals surface area contributed by atoms with Crippen LogP contribution in [-0.2, 0) is 4.79 Å². The summed E-state index contributed by atoms with van der Waals surface area (Å²) in [6.45, 7) is 1.08. The first-order valence-electron chi connectivity index (χ1n) is 3.70. The maximum atomic E-state index is 9.00. The average molecular weight is 158 g/mol. The van der Waals surface area contributed by atoms with E-state index in [0.717, 1.165) is 19.8 Å².